The number of H-pyrrole nitrogens is 1. The van der Waals surface area contributed by atoms with E-state index in [4.69, 9.17) is 21.4 Å². The van der Waals surface area contributed by atoms with E-state index in [1.165, 1.54) is 12.1 Å². The maximum atomic E-state index is 13.2. The molecule has 0 saturated heterocycles. The van der Waals surface area contributed by atoms with Gasteiger partial charge in [-0.25, -0.2) is 4.39 Å². The fourth-order valence-electron chi connectivity index (χ4n) is 3.29. The van der Waals surface area contributed by atoms with Gasteiger partial charge in [0, 0.05) is 17.1 Å². The number of hydrogen-bond acceptors (Lipinski definition) is 2. The molecule has 7 heteroatoms. The van der Waals surface area contributed by atoms with Crippen molar-refractivity contribution in [1.82, 2.24) is 4.98 Å². The number of ether oxygens (including phenoxy) is 1. The molecule has 4 aromatic rings. The number of carboxylic acids is 1. The number of nitrogens with one attached hydrogen (secondary N) is 1. The Morgan fingerprint density at radius 2 is 1.87 bits per heavy atom. The van der Waals surface area contributed by atoms with Crippen LogP contribution < -0.4 is 4.74 Å². The minimum Gasteiger partial charge on any atom is -0.481 e. The summed E-state index contributed by atoms with van der Waals surface area (Å²) >= 11 is 9.74. The van der Waals surface area contributed by atoms with E-state index >= 15 is 0 Å². The third-order valence-electron chi connectivity index (χ3n) is 4.68. The first kappa shape index (κ1) is 20.4. The highest BCUT2D eigenvalue weighted by Crippen LogP contribution is 2.38. The van der Waals surface area contributed by atoms with Gasteiger partial charge < -0.3 is 14.8 Å². The number of fused-ring (bicyclic) bond motifs is 1. The van der Waals surface area contributed by atoms with Crippen LogP contribution in [0.1, 0.15) is 16.7 Å². The number of benzene rings is 3. The Kier molecular flexibility index (Phi) is 5.79. The zero-order valence-corrected chi connectivity index (χ0v) is 17.9. The normalized spacial score (nSPS) is 11.0. The van der Waals surface area contributed by atoms with Crippen molar-refractivity contribution in [1.29, 1.82) is 0 Å². The van der Waals surface area contributed by atoms with Crippen molar-refractivity contribution < 1.29 is 19.0 Å². The van der Waals surface area contributed by atoms with E-state index in [2.05, 4.69) is 20.9 Å². The molecule has 2 N–H and O–H groups in total. The van der Waals surface area contributed by atoms with Crippen molar-refractivity contribution in [2.45, 2.75) is 12.8 Å². The molecule has 0 radical (unpaired) electrons. The molecule has 4 rings (SSSR count). The molecule has 0 atom stereocenters. The molecule has 0 fully saturated rings. The molecular weight excluding hydrogens is 473 g/mol. The quantitative estimate of drug-likeness (QED) is 0.316. The molecule has 0 amide bonds. The summed E-state index contributed by atoms with van der Waals surface area (Å²) in [5.74, 6) is -0.180. The maximum absolute atomic E-state index is 13.2. The van der Waals surface area contributed by atoms with Gasteiger partial charge in [0.25, 0.3) is 0 Å². The number of aliphatic carboxylic acids is 1. The molecule has 0 bridgehead atoms. The second kappa shape index (κ2) is 8.50. The van der Waals surface area contributed by atoms with Crippen LogP contribution in [0, 0.1) is 5.82 Å². The van der Waals surface area contributed by atoms with Gasteiger partial charge in [0.05, 0.1) is 15.9 Å². The molecule has 0 aliphatic rings. The highest BCUT2D eigenvalue weighted by molar-refractivity contribution is 9.10. The van der Waals surface area contributed by atoms with Crippen LogP contribution in [-0.4, -0.2) is 16.1 Å². The lowest BCUT2D eigenvalue weighted by atomic mass is 10.0. The van der Waals surface area contributed by atoms with Gasteiger partial charge in [-0.2, -0.15) is 0 Å². The largest absolute Gasteiger partial charge is 0.481 e. The van der Waals surface area contributed by atoms with Gasteiger partial charge >= 0.3 is 5.97 Å². The summed E-state index contributed by atoms with van der Waals surface area (Å²) in [5.41, 5.74) is 3.60. The molecule has 1 heterocycles. The molecular formula is C23H16BrClFNO3. The minimum atomic E-state index is -0.932. The van der Waals surface area contributed by atoms with Crippen LogP contribution in [0.25, 0.3) is 10.9 Å². The maximum Gasteiger partial charge on any atom is 0.307 e. The van der Waals surface area contributed by atoms with Gasteiger partial charge in [0.15, 0.2) is 5.75 Å². The molecule has 3 aromatic carbocycles. The molecule has 0 spiro atoms. The van der Waals surface area contributed by atoms with Crippen LogP contribution in [0.15, 0.2) is 65.3 Å². The SMILES string of the molecule is O=C(O)Cc1cc(Cl)c(Oc2ccc3[nH]cc(Cc4ccc(F)cc4)c3c2)c(Br)c1. The monoisotopic (exact) mass is 487 g/mol. The predicted molar refractivity (Wildman–Crippen MR) is 118 cm³/mol. The Bertz CT molecular complexity index is 1210. The lowest BCUT2D eigenvalue weighted by Gasteiger charge is -2.12. The molecule has 1 aromatic heterocycles. The summed E-state index contributed by atoms with van der Waals surface area (Å²) in [4.78, 5) is 14.2. The van der Waals surface area contributed by atoms with E-state index in [-0.39, 0.29) is 12.2 Å². The van der Waals surface area contributed by atoms with Crippen LogP contribution >= 0.6 is 27.5 Å². The molecule has 152 valence electrons. The molecule has 0 saturated carbocycles. The van der Waals surface area contributed by atoms with E-state index in [0.717, 1.165) is 22.0 Å². The Hall–Kier alpha value is -2.83. The third kappa shape index (κ3) is 4.50. The smallest absolute Gasteiger partial charge is 0.307 e. The van der Waals surface area contributed by atoms with Crippen LogP contribution in [-0.2, 0) is 17.6 Å². The van der Waals surface area contributed by atoms with E-state index < -0.39 is 5.97 Å². The Labute approximate surface area is 185 Å². The number of aromatic nitrogens is 1. The van der Waals surface area contributed by atoms with Gasteiger partial charge in [-0.05, 0) is 81.5 Å². The van der Waals surface area contributed by atoms with Gasteiger partial charge in [-0.15, -0.1) is 0 Å². The van der Waals surface area contributed by atoms with Gasteiger partial charge in [0.1, 0.15) is 11.6 Å². The molecule has 0 unspecified atom stereocenters. The number of rotatable bonds is 6. The fraction of sp³-hybridized carbons (Fsp3) is 0.0870. The summed E-state index contributed by atoms with van der Waals surface area (Å²) in [6.45, 7) is 0. The van der Waals surface area contributed by atoms with Crippen LogP contribution in [0.2, 0.25) is 5.02 Å². The van der Waals surface area contributed by atoms with Gasteiger partial charge in [-0.1, -0.05) is 23.7 Å². The van der Waals surface area contributed by atoms with E-state index in [0.29, 0.717) is 33.0 Å². The summed E-state index contributed by atoms with van der Waals surface area (Å²) in [5, 5.41) is 10.3. The van der Waals surface area contributed by atoms with Crippen molar-refractivity contribution in [3.8, 4) is 11.5 Å². The molecule has 30 heavy (non-hydrogen) atoms. The Morgan fingerprint density at radius 1 is 1.10 bits per heavy atom. The van der Waals surface area contributed by atoms with Gasteiger partial charge in [-0.3, -0.25) is 4.79 Å². The van der Waals surface area contributed by atoms with Crippen LogP contribution in [0.3, 0.4) is 0 Å². The van der Waals surface area contributed by atoms with Crippen LogP contribution in [0.5, 0.6) is 11.5 Å². The van der Waals surface area contributed by atoms with Crippen molar-refractivity contribution in [2.75, 3.05) is 0 Å². The lowest BCUT2D eigenvalue weighted by Crippen LogP contribution is -2.00. The van der Waals surface area contributed by atoms with Crippen molar-refractivity contribution in [3.05, 3.63) is 92.8 Å². The second-order valence-corrected chi connectivity index (χ2v) is 8.15. The summed E-state index contributed by atoms with van der Waals surface area (Å²) in [6, 6.07) is 15.4. The average molecular weight is 489 g/mol. The molecule has 0 aliphatic heterocycles. The Balaban J connectivity index is 1.62. The topological polar surface area (TPSA) is 62.3 Å². The fourth-order valence-corrected chi connectivity index (χ4v) is 4.28. The van der Waals surface area contributed by atoms with Crippen molar-refractivity contribution >= 4 is 44.4 Å². The molecule has 0 aliphatic carbocycles. The number of aromatic amines is 1. The number of hydrogen-bond donors (Lipinski definition) is 2. The molecule has 4 nitrogen and oxygen atoms in total. The van der Waals surface area contributed by atoms with Gasteiger partial charge in [0.2, 0.25) is 0 Å². The van der Waals surface area contributed by atoms with Crippen LogP contribution in [0.4, 0.5) is 4.39 Å². The third-order valence-corrected chi connectivity index (χ3v) is 5.55. The summed E-state index contributed by atoms with van der Waals surface area (Å²) in [6.07, 6.45) is 2.46. The lowest BCUT2D eigenvalue weighted by molar-refractivity contribution is -0.136. The van der Waals surface area contributed by atoms with Crippen molar-refractivity contribution in [3.63, 3.8) is 0 Å². The average Bonchev–Trinajstić information content (AvgIpc) is 3.08. The highest BCUT2D eigenvalue weighted by Gasteiger charge is 2.14. The first-order valence-corrected chi connectivity index (χ1v) is 10.3. The van der Waals surface area contributed by atoms with E-state index in [1.807, 2.05) is 24.4 Å². The van der Waals surface area contributed by atoms with E-state index in [9.17, 15) is 9.18 Å². The second-order valence-electron chi connectivity index (χ2n) is 6.89. The van der Waals surface area contributed by atoms with E-state index in [1.54, 1.807) is 24.3 Å². The Morgan fingerprint density at radius 3 is 2.57 bits per heavy atom. The first-order chi connectivity index (χ1) is 14.4. The number of halogens is 3. The predicted octanol–water partition coefficient (Wildman–Crippen LogP) is 6.73. The number of carboxylic acid groups (broad SMARTS) is 1. The minimum absolute atomic E-state index is 0.124. The summed E-state index contributed by atoms with van der Waals surface area (Å²) in [7, 11) is 0. The summed E-state index contributed by atoms with van der Waals surface area (Å²) < 4.78 is 19.7. The highest BCUT2D eigenvalue weighted by atomic mass is 79.9. The zero-order chi connectivity index (χ0) is 21.3. The number of carbonyl (C=O) groups is 1. The zero-order valence-electron chi connectivity index (χ0n) is 15.6. The first-order valence-electron chi connectivity index (χ1n) is 9.11. The van der Waals surface area contributed by atoms with Crippen molar-refractivity contribution in [2.24, 2.45) is 0 Å². The standard InChI is InChI=1S/C23H16BrClFNO3/c24-19-8-14(10-22(28)29)9-20(25)23(19)30-17-5-6-21-18(11-17)15(12-27-21)7-13-1-3-16(26)4-2-13/h1-6,8-9,11-12,27H,7,10H2,(H,28,29).